The SMILES string of the molecule is CCc1nnc(C2C(=N)SC(=Cc3c(F)cccc3Cl)C2=O)s1. The maximum atomic E-state index is 13.9. The van der Waals surface area contributed by atoms with E-state index in [1.807, 2.05) is 6.92 Å². The molecule has 0 bridgehead atoms. The lowest BCUT2D eigenvalue weighted by atomic mass is 10.1. The van der Waals surface area contributed by atoms with Crippen LogP contribution >= 0.6 is 34.7 Å². The van der Waals surface area contributed by atoms with Crippen LogP contribution in [0.3, 0.4) is 0 Å². The van der Waals surface area contributed by atoms with Gasteiger partial charge >= 0.3 is 0 Å². The van der Waals surface area contributed by atoms with E-state index < -0.39 is 11.7 Å². The number of ketones is 1. The lowest BCUT2D eigenvalue weighted by Gasteiger charge is -2.02. The summed E-state index contributed by atoms with van der Waals surface area (Å²) in [6.07, 6.45) is 2.13. The first-order valence-electron chi connectivity index (χ1n) is 6.79. The first kappa shape index (κ1) is 16.3. The number of thioether (sulfide) groups is 1. The van der Waals surface area contributed by atoms with Gasteiger partial charge in [0, 0.05) is 5.56 Å². The number of carbonyl (C=O) groups excluding carboxylic acids is 1. The number of benzene rings is 1. The molecular formula is C15H11ClFN3OS2. The Bertz CT molecular complexity index is 814. The van der Waals surface area contributed by atoms with Gasteiger partial charge in [-0.15, -0.1) is 21.5 Å². The molecule has 1 aromatic heterocycles. The topological polar surface area (TPSA) is 66.7 Å². The quantitative estimate of drug-likeness (QED) is 0.821. The van der Waals surface area contributed by atoms with Gasteiger partial charge in [-0.1, -0.05) is 36.4 Å². The highest BCUT2D eigenvalue weighted by Crippen LogP contribution is 2.42. The summed E-state index contributed by atoms with van der Waals surface area (Å²) < 4.78 is 13.9. The molecule has 1 N–H and O–H groups in total. The molecule has 1 unspecified atom stereocenters. The molecule has 1 aliphatic rings. The van der Waals surface area contributed by atoms with E-state index in [-0.39, 0.29) is 21.4 Å². The monoisotopic (exact) mass is 367 g/mol. The van der Waals surface area contributed by atoms with Crippen molar-refractivity contribution in [2.45, 2.75) is 19.3 Å². The Hall–Kier alpha value is -1.57. The largest absolute Gasteiger partial charge is 0.297 e. The molecule has 0 radical (unpaired) electrons. The number of nitrogens with zero attached hydrogens (tertiary/aromatic N) is 2. The number of aromatic nitrogens is 2. The van der Waals surface area contributed by atoms with Crippen LogP contribution in [0.2, 0.25) is 5.02 Å². The minimum absolute atomic E-state index is 0.157. The van der Waals surface area contributed by atoms with E-state index in [9.17, 15) is 9.18 Å². The van der Waals surface area contributed by atoms with Gasteiger partial charge in [-0.3, -0.25) is 10.2 Å². The highest BCUT2D eigenvalue weighted by molar-refractivity contribution is 8.19. The van der Waals surface area contributed by atoms with E-state index in [0.29, 0.717) is 9.91 Å². The molecule has 0 saturated carbocycles. The number of Topliss-reactive ketones (excluding diaryl/α,β-unsaturated/α-hetero) is 1. The Balaban J connectivity index is 1.96. The molecule has 1 aromatic carbocycles. The van der Waals surface area contributed by atoms with Gasteiger partial charge in [0.1, 0.15) is 21.8 Å². The molecule has 0 amide bonds. The van der Waals surface area contributed by atoms with Gasteiger partial charge in [0.05, 0.1) is 15.0 Å². The lowest BCUT2D eigenvalue weighted by Crippen LogP contribution is -2.11. The molecule has 1 saturated heterocycles. The lowest BCUT2D eigenvalue weighted by molar-refractivity contribution is -0.114. The fraction of sp³-hybridized carbons (Fsp3) is 0.200. The standard InChI is InChI=1S/C15H11ClFN3OS2/c1-2-11-19-20-15(23-11)12-13(21)10(22-14(12)18)6-7-8(16)4-3-5-9(7)17/h3-6,12,18H,2H2,1H3. The zero-order valence-corrected chi connectivity index (χ0v) is 14.4. The number of aryl methyl sites for hydroxylation is 1. The molecule has 1 aliphatic heterocycles. The van der Waals surface area contributed by atoms with E-state index >= 15 is 0 Å². The van der Waals surface area contributed by atoms with E-state index in [1.54, 1.807) is 6.07 Å². The summed E-state index contributed by atoms with van der Waals surface area (Å²) in [4.78, 5) is 12.9. The van der Waals surface area contributed by atoms with Crippen molar-refractivity contribution >= 4 is 51.6 Å². The Kier molecular flexibility index (Phi) is 4.61. The van der Waals surface area contributed by atoms with Crippen LogP contribution in [0.4, 0.5) is 4.39 Å². The van der Waals surface area contributed by atoms with Gasteiger partial charge in [0.2, 0.25) is 0 Å². The van der Waals surface area contributed by atoms with Crippen molar-refractivity contribution in [3.05, 3.63) is 49.5 Å². The van der Waals surface area contributed by atoms with Crippen LogP contribution < -0.4 is 0 Å². The zero-order chi connectivity index (χ0) is 16.6. The van der Waals surface area contributed by atoms with Gasteiger partial charge in [-0.2, -0.15) is 0 Å². The van der Waals surface area contributed by atoms with Crippen LogP contribution in [0.5, 0.6) is 0 Å². The molecule has 8 heteroatoms. The van der Waals surface area contributed by atoms with Crippen LogP contribution in [0.15, 0.2) is 23.1 Å². The number of nitrogens with one attached hydrogen (secondary N) is 1. The summed E-state index contributed by atoms with van der Waals surface area (Å²) in [5.41, 5.74) is 0.157. The maximum absolute atomic E-state index is 13.9. The molecular weight excluding hydrogens is 357 g/mol. The fourth-order valence-electron chi connectivity index (χ4n) is 2.12. The Labute approximate surface area is 145 Å². The summed E-state index contributed by atoms with van der Waals surface area (Å²) in [7, 11) is 0. The van der Waals surface area contributed by atoms with E-state index in [2.05, 4.69) is 10.2 Å². The van der Waals surface area contributed by atoms with E-state index in [1.165, 1.54) is 29.5 Å². The molecule has 1 fully saturated rings. The molecule has 118 valence electrons. The number of halogens is 2. The smallest absolute Gasteiger partial charge is 0.186 e. The van der Waals surface area contributed by atoms with Crippen LogP contribution in [0.1, 0.15) is 28.4 Å². The molecule has 4 nitrogen and oxygen atoms in total. The second-order valence-electron chi connectivity index (χ2n) is 4.80. The van der Waals surface area contributed by atoms with Crippen LogP contribution in [-0.2, 0) is 11.2 Å². The molecule has 2 aromatic rings. The Morgan fingerprint density at radius 3 is 2.87 bits per heavy atom. The minimum Gasteiger partial charge on any atom is -0.297 e. The molecule has 23 heavy (non-hydrogen) atoms. The van der Waals surface area contributed by atoms with Crippen molar-refractivity contribution in [3.63, 3.8) is 0 Å². The van der Waals surface area contributed by atoms with Crippen LogP contribution in [-0.4, -0.2) is 21.0 Å². The van der Waals surface area contributed by atoms with Crippen molar-refractivity contribution in [3.8, 4) is 0 Å². The summed E-state index contributed by atoms with van der Waals surface area (Å²) in [6.45, 7) is 1.95. The first-order chi connectivity index (χ1) is 11.0. The fourth-order valence-corrected chi connectivity index (χ4v) is 4.27. The first-order valence-corrected chi connectivity index (χ1v) is 8.80. The minimum atomic E-state index is -0.741. The number of hydrogen-bond acceptors (Lipinski definition) is 6. The van der Waals surface area contributed by atoms with Crippen molar-refractivity contribution in [2.75, 3.05) is 0 Å². The second-order valence-corrected chi connectivity index (χ2v) is 7.38. The van der Waals surface area contributed by atoms with Crippen molar-refractivity contribution in [2.24, 2.45) is 0 Å². The summed E-state index contributed by atoms with van der Waals surface area (Å²) in [6, 6.07) is 4.34. The highest BCUT2D eigenvalue weighted by atomic mass is 35.5. The molecule has 1 atom stereocenters. The number of hydrogen-bond donors (Lipinski definition) is 1. The molecule has 2 heterocycles. The number of rotatable bonds is 3. The van der Waals surface area contributed by atoms with Crippen LogP contribution in [0.25, 0.3) is 6.08 Å². The zero-order valence-electron chi connectivity index (χ0n) is 12.0. The number of carbonyl (C=O) groups is 1. The Morgan fingerprint density at radius 2 is 2.22 bits per heavy atom. The molecule has 0 spiro atoms. The van der Waals surface area contributed by atoms with Gasteiger partial charge in [0.15, 0.2) is 5.78 Å². The average molecular weight is 368 g/mol. The van der Waals surface area contributed by atoms with E-state index in [4.69, 9.17) is 17.0 Å². The summed E-state index contributed by atoms with van der Waals surface area (Å²) in [5.74, 6) is -1.51. The molecule has 0 aliphatic carbocycles. The highest BCUT2D eigenvalue weighted by Gasteiger charge is 2.39. The third kappa shape index (κ3) is 3.08. The van der Waals surface area contributed by atoms with E-state index in [0.717, 1.165) is 23.2 Å². The van der Waals surface area contributed by atoms with Gasteiger partial charge in [0.25, 0.3) is 0 Å². The average Bonchev–Trinajstić information content (AvgIpc) is 3.08. The van der Waals surface area contributed by atoms with Gasteiger partial charge in [-0.25, -0.2) is 4.39 Å². The predicted molar refractivity (Wildman–Crippen MR) is 91.7 cm³/mol. The normalized spacial score (nSPS) is 19.8. The van der Waals surface area contributed by atoms with Crippen molar-refractivity contribution in [1.82, 2.24) is 10.2 Å². The van der Waals surface area contributed by atoms with Gasteiger partial charge in [-0.05, 0) is 24.6 Å². The summed E-state index contributed by atoms with van der Waals surface area (Å²) >= 11 is 8.33. The van der Waals surface area contributed by atoms with Crippen LogP contribution in [0, 0.1) is 11.2 Å². The third-order valence-corrected chi connectivity index (χ3v) is 5.75. The predicted octanol–water partition coefficient (Wildman–Crippen LogP) is 4.31. The maximum Gasteiger partial charge on any atom is 0.186 e. The van der Waals surface area contributed by atoms with Crippen molar-refractivity contribution < 1.29 is 9.18 Å². The number of allylic oxidation sites excluding steroid dienone is 1. The molecule has 3 rings (SSSR count). The van der Waals surface area contributed by atoms with Gasteiger partial charge < -0.3 is 0 Å². The van der Waals surface area contributed by atoms with Crippen molar-refractivity contribution in [1.29, 1.82) is 5.41 Å². The third-order valence-electron chi connectivity index (χ3n) is 3.29. The summed E-state index contributed by atoms with van der Waals surface area (Å²) in [5, 5.41) is 17.8. The Morgan fingerprint density at radius 1 is 1.43 bits per heavy atom. The second kappa shape index (κ2) is 6.51.